The van der Waals surface area contributed by atoms with Crippen molar-refractivity contribution in [3.63, 3.8) is 0 Å². The summed E-state index contributed by atoms with van der Waals surface area (Å²) in [6, 6.07) is 21.3. The van der Waals surface area contributed by atoms with Crippen molar-refractivity contribution in [1.29, 1.82) is 0 Å². The van der Waals surface area contributed by atoms with E-state index in [0.29, 0.717) is 5.56 Å². The molecule has 46 heavy (non-hydrogen) atoms. The number of carbonyl (C=O) groups is 1. The van der Waals surface area contributed by atoms with Crippen molar-refractivity contribution >= 4 is 11.7 Å². The molecule has 0 unspecified atom stereocenters. The van der Waals surface area contributed by atoms with Gasteiger partial charge in [0.1, 0.15) is 17.2 Å². The summed E-state index contributed by atoms with van der Waals surface area (Å²) in [6.07, 6.45) is -15.1. The molecule has 15 heteroatoms. The molecule has 0 aliphatic heterocycles. The molecule has 0 aromatic heterocycles. The molecule has 0 saturated heterocycles. The third kappa shape index (κ3) is 9.97. The monoisotopic (exact) mass is 658 g/mol. The zero-order chi connectivity index (χ0) is 33.6. The topological polar surface area (TPSA) is 68.8 Å². The van der Waals surface area contributed by atoms with Crippen LogP contribution in [0.1, 0.15) is 16.7 Å². The maximum atomic E-state index is 13.1. The molecule has 4 aromatic carbocycles. The summed E-state index contributed by atoms with van der Waals surface area (Å²) in [6.45, 7) is -0.395. The number of alkyl halides is 9. The highest BCUT2D eigenvalue weighted by Gasteiger charge is 2.38. The van der Waals surface area contributed by atoms with Gasteiger partial charge >= 0.3 is 25.1 Å². The zero-order valence-electron chi connectivity index (χ0n) is 23.3. The van der Waals surface area contributed by atoms with Crippen LogP contribution in [0.25, 0.3) is 0 Å². The standard InChI is InChI=1S/C31H23F9N2O4/c32-29(33,34)44-24-14-12-23(13-15-24)42-27(43)41-19-28(18-20-6-2-1-3-7-20,21-8-4-10-25(16-21)45-30(35,36)37)22-9-5-11-26(17-22)46-31(38,39)40/h1-17H,18-19H2,(H2,41,42,43). The van der Waals surface area contributed by atoms with Crippen LogP contribution in [-0.2, 0) is 11.8 Å². The van der Waals surface area contributed by atoms with Crippen molar-refractivity contribution < 1.29 is 58.5 Å². The number of urea groups is 1. The Kier molecular flexibility index (Phi) is 9.92. The fourth-order valence-electron chi connectivity index (χ4n) is 4.71. The van der Waals surface area contributed by atoms with Crippen molar-refractivity contribution in [2.75, 3.05) is 11.9 Å². The van der Waals surface area contributed by atoms with Crippen LogP contribution in [0.5, 0.6) is 17.2 Å². The molecule has 0 spiro atoms. The lowest BCUT2D eigenvalue weighted by Gasteiger charge is -2.36. The van der Waals surface area contributed by atoms with Crippen molar-refractivity contribution in [3.8, 4) is 17.2 Å². The molecule has 4 rings (SSSR count). The van der Waals surface area contributed by atoms with Crippen LogP contribution >= 0.6 is 0 Å². The van der Waals surface area contributed by atoms with Crippen molar-refractivity contribution in [2.45, 2.75) is 30.9 Å². The molecule has 0 fully saturated rings. The third-order valence-electron chi connectivity index (χ3n) is 6.49. The summed E-state index contributed by atoms with van der Waals surface area (Å²) in [5, 5.41) is 5.01. The van der Waals surface area contributed by atoms with Crippen LogP contribution in [-0.4, -0.2) is 31.7 Å². The molecule has 4 aromatic rings. The average Bonchev–Trinajstić information content (AvgIpc) is 2.95. The smallest absolute Gasteiger partial charge is 0.406 e. The second kappa shape index (κ2) is 13.5. The maximum Gasteiger partial charge on any atom is 0.573 e. The SMILES string of the molecule is O=C(NCC(Cc1ccccc1)(c1cccc(OC(F)(F)F)c1)c1cccc(OC(F)(F)F)c1)Nc1ccc(OC(F)(F)F)cc1. The lowest BCUT2D eigenvalue weighted by atomic mass is 9.70. The van der Waals surface area contributed by atoms with Gasteiger partial charge in [-0.2, -0.15) is 0 Å². The molecule has 0 aliphatic rings. The molecule has 0 atom stereocenters. The number of rotatable bonds is 10. The Hall–Kier alpha value is -5.08. The van der Waals surface area contributed by atoms with Gasteiger partial charge < -0.3 is 24.8 Å². The normalized spacial score (nSPS) is 12.3. The molecule has 0 aliphatic carbocycles. The maximum absolute atomic E-state index is 13.1. The summed E-state index contributed by atoms with van der Waals surface area (Å²) < 4.78 is 128. The van der Waals surface area contributed by atoms with Gasteiger partial charge in [-0.15, -0.1) is 39.5 Å². The fourth-order valence-corrected chi connectivity index (χ4v) is 4.71. The highest BCUT2D eigenvalue weighted by Crippen LogP contribution is 2.40. The predicted molar refractivity (Wildman–Crippen MR) is 147 cm³/mol. The van der Waals surface area contributed by atoms with E-state index in [4.69, 9.17) is 0 Å². The molecule has 0 heterocycles. The van der Waals surface area contributed by atoms with Crippen molar-refractivity contribution in [2.24, 2.45) is 0 Å². The second-order valence-electron chi connectivity index (χ2n) is 9.78. The Morgan fingerprint density at radius 1 is 0.565 bits per heavy atom. The minimum Gasteiger partial charge on any atom is -0.406 e. The molecule has 244 valence electrons. The minimum atomic E-state index is -5.06. The number of ether oxygens (including phenoxy) is 3. The number of amides is 2. The highest BCUT2D eigenvalue weighted by atomic mass is 19.4. The predicted octanol–water partition coefficient (Wildman–Crippen LogP) is 8.73. The molecule has 0 radical (unpaired) electrons. The molecule has 0 bridgehead atoms. The molecule has 0 saturated carbocycles. The lowest BCUT2D eigenvalue weighted by molar-refractivity contribution is -0.275. The van der Waals surface area contributed by atoms with E-state index in [1.165, 1.54) is 24.3 Å². The van der Waals surface area contributed by atoms with Gasteiger partial charge in [-0.3, -0.25) is 0 Å². The summed E-state index contributed by atoms with van der Waals surface area (Å²) in [5.41, 5.74) is -0.595. The van der Waals surface area contributed by atoms with E-state index in [9.17, 15) is 44.3 Å². The van der Waals surface area contributed by atoms with E-state index in [1.807, 2.05) is 0 Å². The largest absolute Gasteiger partial charge is 0.573 e. The number of benzene rings is 4. The number of anilines is 1. The summed E-state index contributed by atoms with van der Waals surface area (Å²) in [5.74, 6) is -1.77. The van der Waals surface area contributed by atoms with Crippen molar-refractivity contribution in [3.05, 3.63) is 120 Å². The van der Waals surface area contributed by atoms with Gasteiger partial charge in [0.05, 0.1) is 0 Å². The van der Waals surface area contributed by atoms with E-state index in [2.05, 4.69) is 24.8 Å². The fraction of sp³-hybridized carbons (Fsp3) is 0.194. The number of halogens is 9. The van der Waals surface area contributed by atoms with Crippen molar-refractivity contribution in [1.82, 2.24) is 5.32 Å². The summed E-state index contributed by atoms with van der Waals surface area (Å²) in [7, 11) is 0. The average molecular weight is 659 g/mol. The quantitative estimate of drug-likeness (QED) is 0.167. The van der Waals surface area contributed by atoms with Gasteiger partial charge in [0, 0.05) is 17.6 Å². The van der Waals surface area contributed by atoms with Gasteiger partial charge in [0.25, 0.3) is 0 Å². The van der Waals surface area contributed by atoms with Gasteiger partial charge in [-0.1, -0.05) is 54.6 Å². The number of hydrogen-bond donors (Lipinski definition) is 2. The van der Waals surface area contributed by atoms with Crippen LogP contribution in [0.15, 0.2) is 103 Å². The summed E-state index contributed by atoms with van der Waals surface area (Å²) >= 11 is 0. The number of carbonyl (C=O) groups excluding carboxylic acids is 1. The minimum absolute atomic E-state index is 0.0391. The third-order valence-corrected chi connectivity index (χ3v) is 6.49. The first-order chi connectivity index (χ1) is 21.5. The van der Waals surface area contributed by atoms with E-state index in [0.717, 1.165) is 48.5 Å². The van der Waals surface area contributed by atoms with Gasteiger partial charge in [-0.25, -0.2) is 4.79 Å². The summed E-state index contributed by atoms with van der Waals surface area (Å²) in [4.78, 5) is 13.0. The Morgan fingerprint density at radius 3 is 1.52 bits per heavy atom. The Balaban J connectivity index is 1.75. The lowest BCUT2D eigenvalue weighted by Crippen LogP contribution is -2.44. The zero-order valence-corrected chi connectivity index (χ0v) is 23.3. The Labute approximate surface area is 255 Å². The Bertz CT molecular complexity index is 1550. The highest BCUT2D eigenvalue weighted by molar-refractivity contribution is 5.89. The second-order valence-corrected chi connectivity index (χ2v) is 9.78. The van der Waals surface area contributed by atoms with Crippen LogP contribution in [0, 0.1) is 0 Å². The van der Waals surface area contributed by atoms with E-state index in [-0.39, 0.29) is 23.2 Å². The van der Waals surface area contributed by atoms with Gasteiger partial charge in [0.15, 0.2) is 0 Å². The number of nitrogens with one attached hydrogen (secondary N) is 2. The van der Waals surface area contributed by atoms with Gasteiger partial charge in [0.2, 0.25) is 0 Å². The first-order valence-corrected chi connectivity index (χ1v) is 13.2. The van der Waals surface area contributed by atoms with E-state index >= 15 is 0 Å². The van der Waals surface area contributed by atoms with Crippen LogP contribution in [0.4, 0.5) is 50.0 Å². The Morgan fingerprint density at radius 2 is 1.04 bits per heavy atom. The molecule has 2 N–H and O–H groups in total. The van der Waals surface area contributed by atoms with Crippen LogP contribution < -0.4 is 24.8 Å². The van der Waals surface area contributed by atoms with Gasteiger partial charge in [-0.05, 0) is 71.6 Å². The first-order valence-electron chi connectivity index (χ1n) is 13.2. The molecular formula is C31H23F9N2O4. The van der Waals surface area contributed by atoms with E-state index in [1.54, 1.807) is 30.3 Å². The molecule has 6 nitrogen and oxygen atoms in total. The molecular weight excluding hydrogens is 635 g/mol. The van der Waals surface area contributed by atoms with E-state index < -0.39 is 54.3 Å². The number of hydrogen-bond acceptors (Lipinski definition) is 4. The van der Waals surface area contributed by atoms with Crippen LogP contribution in [0.2, 0.25) is 0 Å². The molecule has 2 amide bonds. The van der Waals surface area contributed by atoms with Crippen LogP contribution in [0.3, 0.4) is 0 Å². The first kappa shape index (κ1) is 33.8.